The molecule has 0 amide bonds. The van der Waals surface area contributed by atoms with Crippen LogP contribution in [-0.2, 0) is 11.3 Å². The predicted molar refractivity (Wildman–Crippen MR) is 72.3 cm³/mol. The van der Waals surface area contributed by atoms with Crippen LogP contribution in [-0.4, -0.2) is 11.9 Å². The molecule has 0 aliphatic heterocycles. The van der Waals surface area contributed by atoms with Gasteiger partial charge in [0.05, 0.1) is 12.9 Å². The van der Waals surface area contributed by atoms with Gasteiger partial charge in [-0.25, -0.2) is 0 Å². The van der Waals surface area contributed by atoms with Crippen molar-refractivity contribution in [1.29, 1.82) is 0 Å². The van der Waals surface area contributed by atoms with Gasteiger partial charge in [0, 0.05) is 10.7 Å². The molecule has 1 aliphatic carbocycles. The van der Waals surface area contributed by atoms with Gasteiger partial charge in [0.15, 0.2) is 0 Å². The maximum absolute atomic E-state index is 5.84. The maximum atomic E-state index is 5.84. The minimum Gasteiger partial charge on any atom is -0.467 e. The van der Waals surface area contributed by atoms with E-state index in [9.17, 15) is 0 Å². The molecule has 0 spiro atoms. The number of rotatable bonds is 5. The van der Waals surface area contributed by atoms with E-state index in [1.54, 1.807) is 6.26 Å². The quantitative estimate of drug-likeness (QED) is 0.589. The molecule has 1 aliphatic rings. The van der Waals surface area contributed by atoms with Crippen LogP contribution in [0.3, 0.4) is 0 Å². The van der Waals surface area contributed by atoms with E-state index in [1.807, 2.05) is 12.1 Å². The Labute approximate surface area is 112 Å². The first-order valence-corrected chi connectivity index (χ1v) is 7.63. The Kier molecular flexibility index (Phi) is 5.11. The molecule has 2 nitrogen and oxygen atoms in total. The number of ether oxygens (including phenoxy) is 1. The van der Waals surface area contributed by atoms with Crippen LogP contribution in [0.4, 0.5) is 0 Å². The van der Waals surface area contributed by atoms with Crippen LogP contribution in [0.2, 0.25) is 0 Å². The van der Waals surface area contributed by atoms with E-state index in [0.29, 0.717) is 12.0 Å². The Morgan fingerprint density at radius 2 is 2.00 bits per heavy atom. The van der Waals surface area contributed by atoms with Gasteiger partial charge in [-0.1, -0.05) is 41.6 Å². The lowest BCUT2D eigenvalue weighted by Crippen LogP contribution is -2.28. The lowest BCUT2D eigenvalue weighted by Gasteiger charge is -2.30. The van der Waals surface area contributed by atoms with Crippen molar-refractivity contribution in [3.05, 3.63) is 24.2 Å². The van der Waals surface area contributed by atoms with Gasteiger partial charge < -0.3 is 9.15 Å². The number of hydrogen-bond acceptors (Lipinski definition) is 2. The summed E-state index contributed by atoms with van der Waals surface area (Å²) in [5.41, 5.74) is 0.350. The molecule has 1 fully saturated rings. The van der Waals surface area contributed by atoms with E-state index in [2.05, 4.69) is 15.9 Å². The Balaban J connectivity index is 1.81. The van der Waals surface area contributed by atoms with Crippen LogP contribution < -0.4 is 0 Å². The van der Waals surface area contributed by atoms with Gasteiger partial charge in [-0.05, 0) is 25.0 Å². The second-order valence-electron chi connectivity index (χ2n) is 5.12. The largest absolute Gasteiger partial charge is 0.467 e. The number of halogens is 1. The molecule has 1 saturated carbocycles. The van der Waals surface area contributed by atoms with Crippen molar-refractivity contribution in [1.82, 2.24) is 0 Å². The van der Waals surface area contributed by atoms with Crippen LogP contribution in [0.25, 0.3) is 0 Å². The monoisotopic (exact) mass is 300 g/mol. The topological polar surface area (TPSA) is 22.4 Å². The average Bonchev–Trinajstić information content (AvgIpc) is 2.75. The fourth-order valence-corrected chi connectivity index (χ4v) is 3.28. The molecule has 0 unspecified atom stereocenters. The molecule has 17 heavy (non-hydrogen) atoms. The standard InChI is InChI=1S/C14H21BrO2/c15-11-14(7-3-1-2-4-8-14)12-16-10-13-6-5-9-17-13/h5-6,9H,1-4,7-8,10-12H2. The number of alkyl halides is 1. The van der Waals surface area contributed by atoms with Crippen LogP contribution in [0.5, 0.6) is 0 Å². The SMILES string of the molecule is BrCC1(COCc2ccco2)CCCCCC1. The molecule has 0 atom stereocenters. The van der Waals surface area contributed by atoms with Gasteiger partial charge in [0.1, 0.15) is 12.4 Å². The highest BCUT2D eigenvalue weighted by Crippen LogP contribution is 2.37. The molecule has 3 heteroatoms. The molecule has 0 radical (unpaired) electrons. The van der Waals surface area contributed by atoms with Gasteiger partial charge in [-0.3, -0.25) is 0 Å². The molecule has 96 valence electrons. The van der Waals surface area contributed by atoms with E-state index in [1.165, 1.54) is 38.5 Å². The van der Waals surface area contributed by atoms with Gasteiger partial charge >= 0.3 is 0 Å². The first-order chi connectivity index (χ1) is 8.35. The predicted octanol–water partition coefficient (Wildman–Crippen LogP) is 4.53. The normalized spacial score (nSPS) is 20.1. The zero-order valence-corrected chi connectivity index (χ0v) is 11.9. The highest BCUT2D eigenvalue weighted by molar-refractivity contribution is 9.09. The summed E-state index contributed by atoms with van der Waals surface area (Å²) in [4.78, 5) is 0. The van der Waals surface area contributed by atoms with Crippen LogP contribution in [0.15, 0.2) is 22.8 Å². The van der Waals surface area contributed by atoms with Crippen molar-refractivity contribution in [3.8, 4) is 0 Å². The Morgan fingerprint density at radius 1 is 1.24 bits per heavy atom. The molecular weight excluding hydrogens is 280 g/mol. The van der Waals surface area contributed by atoms with Crippen LogP contribution in [0, 0.1) is 5.41 Å². The second kappa shape index (κ2) is 6.60. The van der Waals surface area contributed by atoms with E-state index >= 15 is 0 Å². The Morgan fingerprint density at radius 3 is 2.59 bits per heavy atom. The number of furan rings is 1. The van der Waals surface area contributed by atoms with Crippen molar-refractivity contribution >= 4 is 15.9 Å². The highest BCUT2D eigenvalue weighted by Gasteiger charge is 2.30. The third-order valence-electron chi connectivity index (χ3n) is 3.68. The zero-order chi connectivity index (χ0) is 12.0. The molecule has 1 heterocycles. The molecule has 0 bridgehead atoms. The van der Waals surface area contributed by atoms with E-state index in [-0.39, 0.29) is 0 Å². The van der Waals surface area contributed by atoms with E-state index in [0.717, 1.165) is 17.7 Å². The lowest BCUT2D eigenvalue weighted by molar-refractivity contribution is 0.0296. The van der Waals surface area contributed by atoms with Crippen molar-refractivity contribution in [2.75, 3.05) is 11.9 Å². The van der Waals surface area contributed by atoms with Crippen molar-refractivity contribution in [2.45, 2.75) is 45.1 Å². The molecule has 0 saturated heterocycles. The van der Waals surface area contributed by atoms with Crippen LogP contribution >= 0.6 is 15.9 Å². The highest BCUT2D eigenvalue weighted by atomic mass is 79.9. The summed E-state index contributed by atoms with van der Waals surface area (Å²) in [5.74, 6) is 0.920. The minimum atomic E-state index is 0.350. The first-order valence-electron chi connectivity index (χ1n) is 6.51. The third kappa shape index (κ3) is 3.85. The first kappa shape index (κ1) is 13.2. The summed E-state index contributed by atoms with van der Waals surface area (Å²) >= 11 is 3.68. The van der Waals surface area contributed by atoms with Gasteiger partial charge in [0.2, 0.25) is 0 Å². The fourth-order valence-electron chi connectivity index (χ4n) is 2.56. The zero-order valence-electron chi connectivity index (χ0n) is 10.3. The lowest BCUT2D eigenvalue weighted by atomic mass is 9.83. The van der Waals surface area contributed by atoms with E-state index in [4.69, 9.17) is 9.15 Å². The summed E-state index contributed by atoms with van der Waals surface area (Å²) in [6, 6.07) is 3.87. The summed E-state index contributed by atoms with van der Waals surface area (Å²) in [6.45, 7) is 1.45. The van der Waals surface area contributed by atoms with Gasteiger partial charge in [-0.2, -0.15) is 0 Å². The third-order valence-corrected chi connectivity index (χ3v) is 4.87. The average molecular weight is 301 g/mol. The van der Waals surface area contributed by atoms with Gasteiger partial charge in [-0.15, -0.1) is 0 Å². The molecular formula is C14H21BrO2. The molecule has 0 aromatic carbocycles. The smallest absolute Gasteiger partial charge is 0.129 e. The summed E-state index contributed by atoms with van der Waals surface area (Å²) < 4.78 is 11.1. The van der Waals surface area contributed by atoms with Crippen molar-refractivity contribution in [2.24, 2.45) is 5.41 Å². The Bertz CT molecular complexity index is 300. The maximum Gasteiger partial charge on any atom is 0.129 e. The molecule has 2 rings (SSSR count). The minimum absolute atomic E-state index is 0.350. The van der Waals surface area contributed by atoms with Gasteiger partial charge in [0.25, 0.3) is 0 Å². The van der Waals surface area contributed by atoms with E-state index < -0.39 is 0 Å². The molecule has 1 aromatic heterocycles. The number of hydrogen-bond donors (Lipinski definition) is 0. The molecule has 1 aromatic rings. The Hall–Kier alpha value is -0.280. The second-order valence-corrected chi connectivity index (χ2v) is 5.68. The molecule has 0 N–H and O–H groups in total. The summed E-state index contributed by atoms with van der Waals surface area (Å²) in [5, 5.41) is 1.05. The summed E-state index contributed by atoms with van der Waals surface area (Å²) in [7, 11) is 0. The van der Waals surface area contributed by atoms with Crippen molar-refractivity contribution < 1.29 is 9.15 Å². The fraction of sp³-hybridized carbons (Fsp3) is 0.714. The van der Waals surface area contributed by atoms with Crippen LogP contribution in [0.1, 0.15) is 44.3 Å². The summed E-state index contributed by atoms with van der Waals surface area (Å²) in [6.07, 6.45) is 9.72. The van der Waals surface area contributed by atoms with Crippen molar-refractivity contribution in [3.63, 3.8) is 0 Å².